The van der Waals surface area contributed by atoms with Crippen LogP contribution >= 0.6 is 11.6 Å². The minimum atomic E-state index is -3.93. The van der Waals surface area contributed by atoms with Gasteiger partial charge >= 0.3 is 0 Å². The number of amides is 1. The zero-order valence-electron chi connectivity index (χ0n) is 15.3. The molecule has 29 heavy (non-hydrogen) atoms. The predicted octanol–water partition coefficient (Wildman–Crippen LogP) is 3.69. The summed E-state index contributed by atoms with van der Waals surface area (Å²) in [4.78, 5) is 12.5. The monoisotopic (exact) mass is 427 g/mol. The molecule has 0 saturated carbocycles. The molecule has 0 spiro atoms. The van der Waals surface area contributed by atoms with Crippen molar-refractivity contribution < 1.29 is 13.2 Å². The highest BCUT2D eigenvalue weighted by atomic mass is 35.5. The van der Waals surface area contributed by atoms with Gasteiger partial charge in [-0.15, -0.1) is 0 Å². The second kappa shape index (κ2) is 9.36. The molecule has 0 aliphatic rings. The molecular weight excluding hydrogens is 410 g/mol. The molecule has 0 aliphatic heterocycles. The number of halogens is 1. The number of anilines is 1. The van der Waals surface area contributed by atoms with E-state index >= 15 is 0 Å². The predicted molar refractivity (Wildman–Crippen MR) is 115 cm³/mol. The van der Waals surface area contributed by atoms with Crippen LogP contribution in [0.4, 0.5) is 5.69 Å². The molecule has 3 aromatic rings. The van der Waals surface area contributed by atoms with Crippen LogP contribution in [0.1, 0.15) is 5.56 Å². The van der Waals surface area contributed by atoms with Gasteiger partial charge < -0.3 is 0 Å². The Morgan fingerprint density at radius 3 is 2.17 bits per heavy atom. The van der Waals surface area contributed by atoms with Crippen LogP contribution in [0.15, 0.2) is 94.9 Å². The molecule has 148 valence electrons. The highest BCUT2D eigenvalue weighted by Gasteiger charge is 2.26. The molecule has 1 N–H and O–H groups in total. The van der Waals surface area contributed by atoms with E-state index in [9.17, 15) is 13.2 Å². The lowest BCUT2D eigenvalue weighted by Crippen LogP contribution is -2.39. The van der Waals surface area contributed by atoms with Gasteiger partial charge in [-0.1, -0.05) is 66.2 Å². The number of benzene rings is 3. The molecule has 0 atom stereocenters. The third-order valence-corrected chi connectivity index (χ3v) is 6.09. The molecule has 0 unspecified atom stereocenters. The summed E-state index contributed by atoms with van der Waals surface area (Å²) in [5, 5.41) is 4.36. The first-order valence-corrected chi connectivity index (χ1v) is 10.5. The van der Waals surface area contributed by atoms with Gasteiger partial charge in [0.1, 0.15) is 6.54 Å². The highest BCUT2D eigenvalue weighted by molar-refractivity contribution is 7.92. The average Bonchev–Trinajstić information content (AvgIpc) is 2.74. The lowest BCUT2D eigenvalue weighted by molar-refractivity contribution is -0.119. The van der Waals surface area contributed by atoms with Crippen LogP contribution in [0.3, 0.4) is 0 Å². The number of hydrogen-bond donors (Lipinski definition) is 1. The number of para-hydroxylation sites is 1. The van der Waals surface area contributed by atoms with E-state index in [0.29, 0.717) is 16.3 Å². The largest absolute Gasteiger partial charge is 0.271 e. The molecule has 0 aromatic heterocycles. The first-order valence-electron chi connectivity index (χ1n) is 8.68. The van der Waals surface area contributed by atoms with E-state index in [2.05, 4.69) is 10.5 Å². The fraction of sp³-hybridized carbons (Fsp3) is 0.0476. The molecule has 0 aliphatic carbocycles. The van der Waals surface area contributed by atoms with Crippen LogP contribution in [0.2, 0.25) is 5.02 Å². The van der Waals surface area contributed by atoms with Gasteiger partial charge in [0.25, 0.3) is 15.9 Å². The number of nitrogens with zero attached hydrogens (tertiary/aromatic N) is 2. The molecule has 3 aromatic carbocycles. The van der Waals surface area contributed by atoms with Crippen molar-refractivity contribution >= 4 is 39.4 Å². The van der Waals surface area contributed by atoms with Gasteiger partial charge in [-0.25, -0.2) is 13.8 Å². The summed E-state index contributed by atoms with van der Waals surface area (Å²) < 4.78 is 27.2. The van der Waals surface area contributed by atoms with Crippen LogP contribution in [0, 0.1) is 0 Å². The van der Waals surface area contributed by atoms with Crippen molar-refractivity contribution in [1.29, 1.82) is 0 Å². The Kier molecular flexibility index (Phi) is 6.64. The van der Waals surface area contributed by atoms with Gasteiger partial charge in [0.2, 0.25) is 0 Å². The Morgan fingerprint density at radius 1 is 0.931 bits per heavy atom. The van der Waals surface area contributed by atoms with Gasteiger partial charge in [0.15, 0.2) is 0 Å². The SMILES string of the molecule is O=C(CN(c1ccccc1)S(=O)(=O)c1ccccc1)N/N=C\c1ccccc1Cl. The summed E-state index contributed by atoms with van der Waals surface area (Å²) in [5.74, 6) is -0.586. The summed E-state index contributed by atoms with van der Waals surface area (Å²) in [6, 6.07) is 23.4. The third kappa shape index (κ3) is 5.22. The van der Waals surface area contributed by atoms with Crippen molar-refractivity contribution in [3.63, 3.8) is 0 Å². The third-order valence-electron chi connectivity index (χ3n) is 3.96. The van der Waals surface area contributed by atoms with E-state index in [0.717, 1.165) is 4.31 Å². The zero-order chi connectivity index (χ0) is 20.7. The Bertz CT molecular complexity index is 1100. The maximum absolute atomic E-state index is 13.1. The molecule has 0 fully saturated rings. The Balaban J connectivity index is 1.81. The highest BCUT2D eigenvalue weighted by Crippen LogP contribution is 2.23. The maximum Gasteiger partial charge on any atom is 0.264 e. The van der Waals surface area contributed by atoms with Crippen LogP contribution in [-0.2, 0) is 14.8 Å². The molecular formula is C21H18ClN3O3S. The van der Waals surface area contributed by atoms with Gasteiger partial charge in [0, 0.05) is 10.6 Å². The fourth-order valence-electron chi connectivity index (χ4n) is 2.55. The summed E-state index contributed by atoms with van der Waals surface area (Å²) in [5.41, 5.74) is 3.36. The molecule has 0 bridgehead atoms. The lowest BCUT2D eigenvalue weighted by atomic mass is 10.2. The molecule has 1 amide bonds. The van der Waals surface area contributed by atoms with Crippen molar-refractivity contribution in [3.05, 3.63) is 95.5 Å². The number of hydrazone groups is 1. The van der Waals surface area contributed by atoms with E-state index in [-0.39, 0.29) is 4.90 Å². The summed E-state index contributed by atoms with van der Waals surface area (Å²) in [7, 11) is -3.93. The fourth-order valence-corrected chi connectivity index (χ4v) is 4.17. The molecule has 0 heterocycles. The normalized spacial score (nSPS) is 11.3. The first-order chi connectivity index (χ1) is 14.0. The molecule has 8 heteroatoms. The van der Waals surface area contributed by atoms with Crippen LogP contribution in [0.25, 0.3) is 0 Å². The van der Waals surface area contributed by atoms with Crippen LogP contribution in [0.5, 0.6) is 0 Å². The summed E-state index contributed by atoms with van der Waals surface area (Å²) in [6.45, 7) is -0.429. The molecule has 0 saturated heterocycles. The number of carbonyl (C=O) groups excluding carboxylic acids is 1. The van der Waals surface area contributed by atoms with E-state index in [4.69, 9.17) is 11.6 Å². The summed E-state index contributed by atoms with van der Waals surface area (Å²) >= 11 is 6.04. The standard InChI is InChI=1S/C21H18ClN3O3S/c22-20-14-8-7-9-17(20)15-23-24-21(26)16-25(18-10-3-1-4-11-18)29(27,28)19-12-5-2-6-13-19/h1-15H,16H2,(H,24,26)/b23-15-. The van der Waals surface area contributed by atoms with Gasteiger partial charge in [-0.05, 0) is 30.3 Å². The quantitative estimate of drug-likeness (QED) is 0.461. The molecule has 0 radical (unpaired) electrons. The van der Waals surface area contributed by atoms with Gasteiger partial charge in [0.05, 0.1) is 16.8 Å². The second-order valence-corrected chi connectivity index (χ2v) is 8.24. The number of sulfonamides is 1. The number of rotatable bonds is 7. The van der Waals surface area contributed by atoms with Gasteiger partial charge in [-0.2, -0.15) is 5.10 Å². The van der Waals surface area contributed by atoms with Crippen molar-refractivity contribution in [2.75, 3.05) is 10.8 Å². The number of carbonyl (C=O) groups is 1. The van der Waals surface area contributed by atoms with E-state index in [1.165, 1.54) is 18.3 Å². The van der Waals surface area contributed by atoms with Crippen LogP contribution in [-0.4, -0.2) is 27.1 Å². The number of nitrogens with one attached hydrogen (secondary N) is 1. The minimum absolute atomic E-state index is 0.0937. The number of hydrogen-bond acceptors (Lipinski definition) is 4. The first kappa shape index (κ1) is 20.6. The van der Waals surface area contributed by atoms with Crippen LogP contribution < -0.4 is 9.73 Å². The summed E-state index contributed by atoms with van der Waals surface area (Å²) in [6.07, 6.45) is 1.40. The smallest absolute Gasteiger partial charge is 0.264 e. The maximum atomic E-state index is 13.1. The average molecular weight is 428 g/mol. The van der Waals surface area contributed by atoms with Crippen molar-refractivity contribution in [2.24, 2.45) is 5.10 Å². The lowest BCUT2D eigenvalue weighted by Gasteiger charge is -2.23. The van der Waals surface area contributed by atoms with E-state index in [1.54, 1.807) is 72.8 Å². The second-order valence-electron chi connectivity index (χ2n) is 5.97. The van der Waals surface area contributed by atoms with E-state index in [1.807, 2.05) is 0 Å². The van der Waals surface area contributed by atoms with Gasteiger partial charge in [-0.3, -0.25) is 9.10 Å². The minimum Gasteiger partial charge on any atom is -0.271 e. The van der Waals surface area contributed by atoms with Crippen molar-refractivity contribution in [1.82, 2.24) is 5.43 Å². The Morgan fingerprint density at radius 2 is 1.52 bits per heavy atom. The molecule has 3 rings (SSSR count). The van der Waals surface area contributed by atoms with Crippen molar-refractivity contribution in [2.45, 2.75) is 4.90 Å². The zero-order valence-corrected chi connectivity index (χ0v) is 16.8. The Hall–Kier alpha value is -3.16. The topological polar surface area (TPSA) is 78.8 Å². The van der Waals surface area contributed by atoms with Crippen molar-refractivity contribution in [3.8, 4) is 0 Å². The Labute approximate surface area is 174 Å². The van der Waals surface area contributed by atoms with E-state index < -0.39 is 22.5 Å². The molecule has 6 nitrogen and oxygen atoms in total.